The van der Waals surface area contributed by atoms with Gasteiger partial charge in [-0.05, 0) is 67.6 Å². The van der Waals surface area contributed by atoms with Gasteiger partial charge in [-0.15, -0.1) is 0 Å². The maximum atomic E-state index is 13.8. The number of alkyl halides is 3. The van der Waals surface area contributed by atoms with Gasteiger partial charge in [0.2, 0.25) is 0 Å². The Morgan fingerprint density at radius 3 is 2.28 bits per heavy atom. The van der Waals surface area contributed by atoms with E-state index in [2.05, 4.69) is 16.6 Å². The maximum absolute atomic E-state index is 13.8. The number of nitrogen functional groups attached to an aromatic ring is 1. The van der Waals surface area contributed by atoms with E-state index in [0.717, 1.165) is 18.6 Å². The van der Waals surface area contributed by atoms with Gasteiger partial charge >= 0.3 is 6.18 Å². The van der Waals surface area contributed by atoms with Gasteiger partial charge in [0.25, 0.3) is 15.9 Å². The van der Waals surface area contributed by atoms with Crippen LogP contribution in [0.4, 0.5) is 24.8 Å². The smallest absolute Gasteiger partial charge is 0.384 e. The van der Waals surface area contributed by atoms with E-state index < -0.39 is 38.1 Å². The lowest BCUT2D eigenvalue weighted by Gasteiger charge is -2.35. The number of aromatic nitrogens is 2. The van der Waals surface area contributed by atoms with Crippen molar-refractivity contribution >= 4 is 39.7 Å². The molecule has 1 aliphatic heterocycles. The summed E-state index contributed by atoms with van der Waals surface area (Å²) in [7, 11) is -4.38. The molecule has 4 rings (SSSR count). The molecular formula is C31H40F3N5O3S. The van der Waals surface area contributed by atoms with Gasteiger partial charge < -0.3 is 10.6 Å². The Kier molecular flexibility index (Phi) is 8.40. The predicted octanol–water partition coefficient (Wildman–Crippen LogP) is 6.78. The number of amides is 1. The van der Waals surface area contributed by atoms with E-state index in [1.54, 1.807) is 18.2 Å². The van der Waals surface area contributed by atoms with Crippen LogP contribution in [0, 0.1) is 5.92 Å². The summed E-state index contributed by atoms with van der Waals surface area (Å²) in [4.78, 5) is 24.6. The number of sulfonamides is 1. The molecule has 43 heavy (non-hydrogen) atoms. The minimum atomic E-state index is -4.45. The van der Waals surface area contributed by atoms with Crippen LogP contribution in [0.5, 0.6) is 0 Å². The van der Waals surface area contributed by atoms with Crippen molar-refractivity contribution in [3.63, 3.8) is 0 Å². The fraction of sp³-hybridized carbons (Fsp3) is 0.387. The third-order valence-electron chi connectivity index (χ3n) is 7.26. The highest BCUT2D eigenvalue weighted by Gasteiger charge is 2.40. The highest BCUT2D eigenvalue weighted by Crippen LogP contribution is 2.40. The van der Waals surface area contributed by atoms with Gasteiger partial charge in [-0.3, -0.25) is 4.79 Å². The van der Waals surface area contributed by atoms with Gasteiger partial charge in [0.15, 0.2) is 5.03 Å². The molecule has 1 aromatic carbocycles. The number of anilines is 2. The predicted molar refractivity (Wildman–Crippen MR) is 166 cm³/mol. The Hall–Kier alpha value is -3.93. The standard InChI is InChI=1S/C31H36F3N5O3S.2H2/c1-19-17-30(5,6)39(18-19)27-23(28(40)38-43(41,42)25-9-7-8-24(35)36-25)16-21(26(37-27)29(2,3)4)13-10-20-11-14-22(15-12-20)31(32,33)34;;/h7-16,19H,17-18H2,1-6H3,(H2,35,36)(H,38,40);2*1H/b13-10+;;/t19-;;/m0../s1. The van der Waals surface area contributed by atoms with E-state index in [9.17, 15) is 26.4 Å². The Balaban J connectivity index is 0.00000353. The Bertz CT molecular complexity index is 1670. The first-order chi connectivity index (χ1) is 19.8. The van der Waals surface area contributed by atoms with Gasteiger partial charge in [0.1, 0.15) is 11.6 Å². The molecule has 0 unspecified atom stereocenters. The van der Waals surface area contributed by atoms with Crippen molar-refractivity contribution in [2.75, 3.05) is 17.2 Å². The van der Waals surface area contributed by atoms with Crippen LogP contribution in [0.25, 0.3) is 12.2 Å². The number of rotatable bonds is 6. The van der Waals surface area contributed by atoms with Crippen molar-refractivity contribution in [3.05, 3.63) is 76.5 Å². The molecule has 0 bridgehead atoms. The third-order valence-corrected chi connectivity index (χ3v) is 8.49. The number of nitrogens with two attached hydrogens (primary N) is 1. The fourth-order valence-corrected chi connectivity index (χ4v) is 6.30. The number of nitrogens with one attached hydrogen (secondary N) is 1. The molecule has 0 saturated carbocycles. The average molecular weight is 620 g/mol. The molecule has 8 nitrogen and oxygen atoms in total. The van der Waals surface area contributed by atoms with Gasteiger partial charge in [-0.25, -0.2) is 14.7 Å². The summed E-state index contributed by atoms with van der Waals surface area (Å²) in [5.74, 6) is -0.271. The molecule has 2 aromatic heterocycles. The lowest BCUT2D eigenvalue weighted by atomic mass is 9.87. The van der Waals surface area contributed by atoms with Crippen molar-refractivity contribution in [2.45, 2.75) is 70.1 Å². The molecule has 3 aromatic rings. The van der Waals surface area contributed by atoms with Gasteiger partial charge in [0, 0.05) is 20.4 Å². The van der Waals surface area contributed by atoms with E-state index in [0.29, 0.717) is 35.1 Å². The molecule has 1 saturated heterocycles. The SMILES string of the molecule is C[C@@H]1CN(c2nc(C(C)(C)C)c(/C=C/c3ccc(C(F)(F)F)cc3)cc2C(=O)NS(=O)(=O)c2cccc(N)n2)C(C)(C)C1.[HH].[HH]. The minimum absolute atomic E-state index is 0. The zero-order chi connectivity index (χ0) is 32.0. The summed E-state index contributed by atoms with van der Waals surface area (Å²) in [6, 6.07) is 10.4. The van der Waals surface area contributed by atoms with Crippen molar-refractivity contribution < 1.29 is 29.2 Å². The second-order valence-electron chi connectivity index (χ2n) is 12.6. The van der Waals surface area contributed by atoms with Crippen molar-refractivity contribution in [1.29, 1.82) is 0 Å². The van der Waals surface area contributed by atoms with E-state index in [4.69, 9.17) is 10.7 Å². The zero-order valence-electron chi connectivity index (χ0n) is 25.0. The first kappa shape index (κ1) is 32.0. The van der Waals surface area contributed by atoms with E-state index in [1.807, 2.05) is 39.5 Å². The lowest BCUT2D eigenvalue weighted by Crippen LogP contribution is -2.41. The Morgan fingerprint density at radius 1 is 1.09 bits per heavy atom. The van der Waals surface area contributed by atoms with Gasteiger partial charge in [-0.1, -0.05) is 58.0 Å². The maximum Gasteiger partial charge on any atom is 0.416 e. The number of pyridine rings is 2. The summed E-state index contributed by atoms with van der Waals surface area (Å²) in [6.45, 7) is 12.7. The molecule has 1 aliphatic rings. The second kappa shape index (κ2) is 11.3. The number of benzene rings is 1. The second-order valence-corrected chi connectivity index (χ2v) is 14.2. The lowest BCUT2D eigenvalue weighted by molar-refractivity contribution is -0.137. The largest absolute Gasteiger partial charge is 0.416 e. The number of carbonyl (C=O) groups excluding carboxylic acids is 1. The van der Waals surface area contributed by atoms with Crippen LogP contribution >= 0.6 is 0 Å². The van der Waals surface area contributed by atoms with E-state index in [-0.39, 0.29) is 19.8 Å². The van der Waals surface area contributed by atoms with Crippen LogP contribution < -0.4 is 15.4 Å². The zero-order valence-corrected chi connectivity index (χ0v) is 25.8. The van der Waals surface area contributed by atoms with E-state index in [1.165, 1.54) is 30.3 Å². The highest BCUT2D eigenvalue weighted by atomic mass is 32.2. The summed E-state index contributed by atoms with van der Waals surface area (Å²) >= 11 is 0. The summed E-state index contributed by atoms with van der Waals surface area (Å²) in [6.07, 6.45) is -0.320. The Morgan fingerprint density at radius 2 is 1.74 bits per heavy atom. The van der Waals surface area contributed by atoms with Crippen LogP contribution in [0.1, 0.15) is 83.6 Å². The van der Waals surface area contributed by atoms with Gasteiger partial charge in [0.05, 0.1) is 16.8 Å². The van der Waals surface area contributed by atoms with Crippen LogP contribution in [-0.2, 0) is 21.6 Å². The molecule has 0 spiro atoms. The topological polar surface area (TPSA) is 118 Å². The number of halogens is 3. The molecule has 1 fully saturated rings. The monoisotopic (exact) mass is 619 g/mol. The minimum Gasteiger partial charge on any atom is -0.384 e. The molecule has 1 amide bonds. The number of hydrogen-bond acceptors (Lipinski definition) is 7. The molecule has 0 radical (unpaired) electrons. The van der Waals surface area contributed by atoms with Crippen molar-refractivity contribution in [2.24, 2.45) is 5.92 Å². The molecule has 3 N–H and O–H groups in total. The summed E-state index contributed by atoms with van der Waals surface area (Å²) in [5.41, 5.74) is 5.73. The average Bonchev–Trinajstić information content (AvgIpc) is 3.17. The van der Waals surface area contributed by atoms with Crippen LogP contribution in [0.3, 0.4) is 0 Å². The van der Waals surface area contributed by atoms with Gasteiger partial charge in [-0.2, -0.15) is 21.6 Å². The third kappa shape index (κ3) is 7.18. The van der Waals surface area contributed by atoms with E-state index >= 15 is 0 Å². The fourth-order valence-electron chi connectivity index (χ4n) is 5.36. The number of nitrogens with zero attached hydrogens (tertiary/aromatic N) is 3. The molecule has 0 aliphatic carbocycles. The van der Waals surface area contributed by atoms with Crippen molar-refractivity contribution in [1.82, 2.24) is 14.7 Å². The normalized spacial score (nSPS) is 17.4. The Labute approximate surface area is 253 Å². The van der Waals surface area contributed by atoms with Crippen LogP contribution in [0.2, 0.25) is 0 Å². The number of hydrogen-bond donors (Lipinski definition) is 2. The molecule has 3 heterocycles. The summed E-state index contributed by atoms with van der Waals surface area (Å²) in [5, 5.41) is -0.404. The quantitative estimate of drug-likeness (QED) is 0.312. The van der Waals surface area contributed by atoms with Crippen LogP contribution in [0.15, 0.2) is 53.6 Å². The molecule has 1 atom stereocenters. The first-order valence-corrected chi connectivity index (χ1v) is 15.2. The van der Waals surface area contributed by atoms with Crippen molar-refractivity contribution in [3.8, 4) is 0 Å². The highest BCUT2D eigenvalue weighted by molar-refractivity contribution is 7.90. The molecule has 234 valence electrons. The summed E-state index contributed by atoms with van der Waals surface area (Å²) < 4.78 is 67.5. The first-order valence-electron chi connectivity index (χ1n) is 13.8. The van der Waals surface area contributed by atoms with Crippen LogP contribution in [-0.4, -0.2) is 36.4 Å². The molecular weight excluding hydrogens is 579 g/mol. The molecule has 12 heteroatoms. The number of carbonyl (C=O) groups is 1.